The molecule has 12 heavy (non-hydrogen) atoms. The summed E-state index contributed by atoms with van der Waals surface area (Å²) < 4.78 is -0.172. The summed E-state index contributed by atoms with van der Waals surface area (Å²) in [7, 11) is 0. The third kappa shape index (κ3) is 2.86. The quantitative estimate of drug-likeness (QED) is 0.436. The van der Waals surface area contributed by atoms with Gasteiger partial charge in [-0.05, 0) is 13.0 Å². The first-order valence-corrected chi connectivity index (χ1v) is 4.51. The molecule has 0 amide bonds. The van der Waals surface area contributed by atoms with Gasteiger partial charge in [0.05, 0.1) is 0 Å². The minimum absolute atomic E-state index is 0.0365. The van der Waals surface area contributed by atoms with E-state index in [1.165, 1.54) is 0 Å². The molecular formula is C10H15NS. The van der Waals surface area contributed by atoms with Gasteiger partial charge in [-0.1, -0.05) is 26.0 Å². The van der Waals surface area contributed by atoms with Crippen molar-refractivity contribution in [2.75, 3.05) is 0 Å². The van der Waals surface area contributed by atoms with Crippen LogP contribution in [0.3, 0.4) is 0 Å². The van der Waals surface area contributed by atoms with E-state index in [2.05, 4.69) is 43.6 Å². The van der Waals surface area contributed by atoms with Gasteiger partial charge in [0.15, 0.2) is 0 Å². The molecule has 0 aromatic rings. The van der Waals surface area contributed by atoms with Crippen LogP contribution in [0.1, 0.15) is 20.8 Å². The van der Waals surface area contributed by atoms with Gasteiger partial charge in [0.2, 0.25) is 0 Å². The second kappa shape index (κ2) is 3.09. The van der Waals surface area contributed by atoms with Crippen molar-refractivity contribution in [2.24, 2.45) is 10.4 Å². The highest BCUT2D eigenvalue weighted by Gasteiger charge is 2.16. The fourth-order valence-electron chi connectivity index (χ4n) is 0.911. The van der Waals surface area contributed by atoms with Crippen LogP contribution in [0.2, 0.25) is 0 Å². The van der Waals surface area contributed by atoms with Crippen LogP contribution in [0.4, 0.5) is 0 Å². The Labute approximate surface area is 79.7 Å². The first-order chi connectivity index (χ1) is 5.41. The van der Waals surface area contributed by atoms with E-state index in [-0.39, 0.29) is 10.2 Å². The van der Waals surface area contributed by atoms with Crippen LogP contribution < -0.4 is 0 Å². The van der Waals surface area contributed by atoms with Gasteiger partial charge in [0, 0.05) is 22.6 Å². The topological polar surface area (TPSA) is 12.4 Å². The summed E-state index contributed by atoms with van der Waals surface area (Å²) in [5.74, 6) is 0. The molecule has 0 fully saturated rings. The number of thiol groups is 1. The maximum atomic E-state index is 4.47. The monoisotopic (exact) mass is 181 g/mol. The van der Waals surface area contributed by atoms with Gasteiger partial charge >= 0.3 is 0 Å². The Hall–Kier alpha value is -0.500. The molecule has 1 aliphatic rings. The van der Waals surface area contributed by atoms with Crippen molar-refractivity contribution >= 4 is 18.8 Å². The van der Waals surface area contributed by atoms with Gasteiger partial charge in [0.1, 0.15) is 0 Å². The molecule has 0 aromatic carbocycles. The van der Waals surface area contributed by atoms with Crippen LogP contribution in [0.5, 0.6) is 0 Å². The summed E-state index contributed by atoms with van der Waals surface area (Å²) >= 11 is 4.47. The van der Waals surface area contributed by atoms with Crippen LogP contribution in [-0.4, -0.2) is 11.0 Å². The second-order valence-electron chi connectivity index (χ2n) is 3.97. The van der Waals surface area contributed by atoms with E-state index in [1.807, 2.05) is 19.2 Å². The van der Waals surface area contributed by atoms with Crippen molar-refractivity contribution in [3.05, 3.63) is 24.4 Å². The first kappa shape index (κ1) is 9.59. The van der Waals surface area contributed by atoms with Gasteiger partial charge in [0.25, 0.3) is 0 Å². The lowest BCUT2D eigenvalue weighted by Gasteiger charge is -2.20. The lowest BCUT2D eigenvalue weighted by Crippen LogP contribution is -2.15. The van der Waals surface area contributed by atoms with Crippen molar-refractivity contribution in [3.8, 4) is 0 Å². The molecule has 1 nitrogen and oxygen atoms in total. The van der Waals surface area contributed by atoms with Crippen LogP contribution in [0.25, 0.3) is 0 Å². The highest BCUT2D eigenvalue weighted by Crippen LogP contribution is 2.23. The van der Waals surface area contributed by atoms with Gasteiger partial charge in [-0.25, -0.2) is 0 Å². The molecule has 0 bridgehead atoms. The highest BCUT2D eigenvalue weighted by atomic mass is 32.1. The van der Waals surface area contributed by atoms with E-state index < -0.39 is 0 Å². The largest absolute Gasteiger partial charge is 0.268 e. The predicted molar refractivity (Wildman–Crippen MR) is 57.9 cm³/mol. The van der Waals surface area contributed by atoms with Gasteiger partial charge in [-0.15, -0.1) is 0 Å². The van der Waals surface area contributed by atoms with Crippen molar-refractivity contribution in [1.82, 2.24) is 0 Å². The molecule has 0 aromatic heterocycles. The van der Waals surface area contributed by atoms with Crippen molar-refractivity contribution < 1.29 is 0 Å². The highest BCUT2D eigenvalue weighted by molar-refractivity contribution is 7.82. The summed E-state index contributed by atoms with van der Waals surface area (Å²) in [5, 5.41) is 0. The third-order valence-corrected chi connectivity index (χ3v) is 2.05. The van der Waals surface area contributed by atoms with E-state index in [0.29, 0.717) is 0 Å². The molecular weight excluding hydrogens is 166 g/mol. The minimum atomic E-state index is -0.172. The third-order valence-electron chi connectivity index (χ3n) is 1.76. The zero-order valence-corrected chi connectivity index (χ0v) is 8.68. The molecule has 0 radical (unpaired) electrons. The van der Waals surface area contributed by atoms with Crippen LogP contribution in [0.15, 0.2) is 29.4 Å². The predicted octanol–water partition coefficient (Wildman–Crippen LogP) is 2.86. The van der Waals surface area contributed by atoms with Gasteiger partial charge < -0.3 is 0 Å². The summed E-state index contributed by atoms with van der Waals surface area (Å²) in [4.78, 5) is 4.17. The Kier molecular flexibility index (Phi) is 2.47. The zero-order valence-electron chi connectivity index (χ0n) is 7.78. The van der Waals surface area contributed by atoms with E-state index in [4.69, 9.17) is 0 Å². The van der Waals surface area contributed by atoms with Crippen LogP contribution >= 0.6 is 12.6 Å². The Morgan fingerprint density at radius 3 is 2.42 bits per heavy atom. The van der Waals surface area contributed by atoms with E-state index in [9.17, 15) is 0 Å². The second-order valence-corrected chi connectivity index (χ2v) is 4.94. The van der Waals surface area contributed by atoms with E-state index >= 15 is 0 Å². The summed E-state index contributed by atoms with van der Waals surface area (Å²) in [5.41, 5.74) is 0.0365. The standard InChI is InChI=1S/C10H15NS/c1-9(2)4-5-10(3,12)6-7-11-8-9/h4-8,12H,1-3H3. The Balaban J connectivity index is 2.97. The smallest absolute Gasteiger partial charge is 0.0478 e. The number of allylic oxidation sites excluding steroid dienone is 1. The SMILES string of the molecule is CC1(C)C=CC(C)(S)C=CN=C1. The molecule has 1 atom stereocenters. The fraction of sp³-hybridized carbons (Fsp3) is 0.500. The molecule has 0 saturated carbocycles. The summed E-state index contributed by atoms with van der Waals surface area (Å²) in [6.07, 6.45) is 9.93. The molecule has 1 rings (SSSR count). The number of hydrogen-bond acceptors (Lipinski definition) is 2. The van der Waals surface area contributed by atoms with Crippen molar-refractivity contribution in [1.29, 1.82) is 0 Å². The van der Waals surface area contributed by atoms with Gasteiger partial charge in [-0.2, -0.15) is 12.6 Å². The molecule has 0 saturated heterocycles. The molecule has 66 valence electrons. The fourth-order valence-corrected chi connectivity index (χ4v) is 1.05. The number of hydrogen-bond donors (Lipinski definition) is 1. The number of rotatable bonds is 0. The van der Waals surface area contributed by atoms with Crippen LogP contribution in [0, 0.1) is 5.41 Å². The molecule has 2 heteroatoms. The van der Waals surface area contributed by atoms with E-state index in [1.54, 1.807) is 6.20 Å². The molecule has 0 N–H and O–H groups in total. The Bertz CT molecular complexity index is 221. The average molecular weight is 181 g/mol. The number of nitrogens with zero attached hydrogens (tertiary/aromatic N) is 1. The minimum Gasteiger partial charge on any atom is -0.268 e. The number of aliphatic imine (C=N–C) groups is 1. The van der Waals surface area contributed by atoms with Crippen LogP contribution in [-0.2, 0) is 0 Å². The Morgan fingerprint density at radius 1 is 1.08 bits per heavy atom. The molecule has 1 unspecified atom stereocenters. The normalized spacial score (nSPS) is 33.0. The molecule has 0 spiro atoms. The summed E-state index contributed by atoms with van der Waals surface area (Å²) in [6.45, 7) is 6.28. The van der Waals surface area contributed by atoms with Gasteiger partial charge in [-0.3, -0.25) is 4.99 Å². The lowest BCUT2D eigenvalue weighted by atomic mass is 9.92. The average Bonchev–Trinajstić information content (AvgIpc) is 1.94. The molecule has 1 aliphatic heterocycles. The maximum Gasteiger partial charge on any atom is 0.0478 e. The first-order valence-electron chi connectivity index (χ1n) is 4.06. The summed E-state index contributed by atoms with van der Waals surface area (Å²) in [6, 6.07) is 0. The van der Waals surface area contributed by atoms with E-state index in [0.717, 1.165) is 0 Å². The van der Waals surface area contributed by atoms with Crippen molar-refractivity contribution in [2.45, 2.75) is 25.5 Å². The molecule has 1 heterocycles. The molecule has 0 aliphatic carbocycles. The Morgan fingerprint density at radius 2 is 1.75 bits per heavy atom. The zero-order chi connectivity index (χ0) is 9.24. The van der Waals surface area contributed by atoms with Crippen molar-refractivity contribution in [3.63, 3.8) is 0 Å². The lowest BCUT2D eigenvalue weighted by molar-refractivity contribution is 0.685. The maximum absolute atomic E-state index is 4.47.